The summed E-state index contributed by atoms with van der Waals surface area (Å²) >= 11 is 1.38. The van der Waals surface area contributed by atoms with Crippen LogP contribution in [-0.2, 0) is 14.3 Å². The van der Waals surface area contributed by atoms with Crippen molar-refractivity contribution in [3.8, 4) is 11.1 Å². The van der Waals surface area contributed by atoms with Crippen LogP contribution in [0.2, 0.25) is 0 Å². The van der Waals surface area contributed by atoms with Crippen molar-refractivity contribution in [1.82, 2.24) is 15.3 Å². The molecule has 1 unspecified atom stereocenters. The van der Waals surface area contributed by atoms with Crippen LogP contribution in [0.4, 0.5) is 5.95 Å². The molecule has 3 heterocycles. The zero-order valence-electron chi connectivity index (χ0n) is 17.4. The van der Waals surface area contributed by atoms with Crippen LogP contribution in [-0.4, -0.2) is 48.6 Å². The van der Waals surface area contributed by atoms with Gasteiger partial charge in [-0.05, 0) is 25.3 Å². The third-order valence-corrected chi connectivity index (χ3v) is 6.47. The van der Waals surface area contributed by atoms with Crippen LogP contribution in [0.5, 0.6) is 0 Å². The first-order chi connectivity index (χ1) is 15.0. The fourth-order valence-corrected chi connectivity index (χ4v) is 4.67. The van der Waals surface area contributed by atoms with Crippen molar-refractivity contribution < 1.29 is 14.3 Å². The minimum atomic E-state index is -0.487. The molecule has 0 radical (unpaired) electrons. The van der Waals surface area contributed by atoms with Gasteiger partial charge in [0.25, 0.3) is 5.56 Å². The highest BCUT2D eigenvalue weighted by Gasteiger charge is 2.28. The van der Waals surface area contributed by atoms with E-state index in [2.05, 4.69) is 15.0 Å². The Labute approximate surface area is 183 Å². The second kappa shape index (κ2) is 8.89. The van der Waals surface area contributed by atoms with Crippen molar-refractivity contribution in [3.05, 3.63) is 45.6 Å². The maximum absolute atomic E-state index is 12.7. The Morgan fingerprint density at radius 3 is 2.84 bits per heavy atom. The summed E-state index contributed by atoms with van der Waals surface area (Å²) in [5.74, 6) is -0.513. The number of benzene rings is 1. The molecule has 31 heavy (non-hydrogen) atoms. The number of aromatic amines is 1. The molecule has 0 aliphatic carbocycles. The average molecular weight is 441 g/mol. The van der Waals surface area contributed by atoms with E-state index < -0.39 is 5.97 Å². The lowest BCUT2D eigenvalue weighted by Crippen LogP contribution is -2.45. The zero-order valence-corrected chi connectivity index (χ0v) is 18.3. The fraction of sp³-hybridized carbons (Fsp3) is 0.364. The smallest absolute Gasteiger partial charge is 0.325 e. The summed E-state index contributed by atoms with van der Waals surface area (Å²) in [7, 11) is 1.28. The Bertz CT molecular complexity index is 1170. The third kappa shape index (κ3) is 4.46. The van der Waals surface area contributed by atoms with Crippen LogP contribution in [0.25, 0.3) is 21.3 Å². The molecule has 1 amide bonds. The number of hydrogen-bond donors (Lipinski definition) is 2. The number of rotatable bonds is 5. The number of hydrogen-bond acceptors (Lipinski definition) is 7. The molecule has 1 aliphatic heterocycles. The standard InChI is InChI=1S/C22H24N4O4S/c1-13-5-7-14(8-6-13)16-12-31-19-18(16)24-22(25-21(19)29)26-9-3-4-15(11-26)20(28)23-10-17(27)30-2/h5-8,12,15H,3-4,9-11H2,1-2H3,(H,23,28)(H,24,25,29). The van der Waals surface area contributed by atoms with Crippen molar-refractivity contribution in [1.29, 1.82) is 0 Å². The number of carbonyl (C=O) groups is 2. The highest BCUT2D eigenvalue weighted by Crippen LogP contribution is 2.32. The molecule has 4 rings (SSSR count). The lowest BCUT2D eigenvalue weighted by Gasteiger charge is -2.32. The summed E-state index contributed by atoms with van der Waals surface area (Å²) in [4.78, 5) is 46.1. The molecule has 0 spiro atoms. The number of nitrogens with zero attached hydrogens (tertiary/aromatic N) is 2. The van der Waals surface area contributed by atoms with Crippen LogP contribution in [0.15, 0.2) is 34.4 Å². The number of H-pyrrole nitrogens is 1. The summed E-state index contributed by atoms with van der Waals surface area (Å²) in [6.07, 6.45) is 1.50. The molecule has 2 aromatic heterocycles. The summed E-state index contributed by atoms with van der Waals surface area (Å²) < 4.78 is 5.15. The number of nitrogens with one attached hydrogen (secondary N) is 2. The number of thiophene rings is 1. The van der Waals surface area contributed by atoms with E-state index in [9.17, 15) is 14.4 Å². The monoisotopic (exact) mass is 440 g/mol. The lowest BCUT2D eigenvalue weighted by atomic mass is 9.97. The highest BCUT2D eigenvalue weighted by atomic mass is 32.1. The predicted octanol–water partition coefficient (Wildman–Crippen LogP) is 2.47. The quantitative estimate of drug-likeness (QED) is 0.591. The fourth-order valence-electron chi connectivity index (χ4n) is 3.76. The van der Waals surface area contributed by atoms with Gasteiger partial charge in [-0.2, -0.15) is 0 Å². The van der Waals surface area contributed by atoms with Gasteiger partial charge in [0.2, 0.25) is 11.9 Å². The number of esters is 1. The van der Waals surface area contributed by atoms with Crippen LogP contribution in [0, 0.1) is 12.8 Å². The molecule has 1 atom stereocenters. The number of aromatic nitrogens is 2. The highest BCUT2D eigenvalue weighted by molar-refractivity contribution is 7.17. The molecular formula is C22H24N4O4S. The second-order valence-electron chi connectivity index (χ2n) is 7.66. The third-order valence-electron chi connectivity index (χ3n) is 5.50. The first kappa shape index (κ1) is 21.0. The number of methoxy groups -OCH3 is 1. The van der Waals surface area contributed by atoms with Crippen molar-refractivity contribution >= 4 is 39.4 Å². The molecule has 2 N–H and O–H groups in total. The molecule has 1 aromatic carbocycles. The SMILES string of the molecule is COC(=O)CNC(=O)C1CCCN(c2nc3c(-c4ccc(C)cc4)csc3c(=O)[nH]2)C1. The van der Waals surface area contributed by atoms with Gasteiger partial charge in [-0.3, -0.25) is 19.4 Å². The first-order valence-corrected chi connectivity index (χ1v) is 11.0. The van der Waals surface area contributed by atoms with E-state index in [4.69, 9.17) is 4.98 Å². The van der Waals surface area contributed by atoms with E-state index in [-0.39, 0.29) is 23.9 Å². The van der Waals surface area contributed by atoms with Crippen molar-refractivity contribution in [3.63, 3.8) is 0 Å². The molecule has 1 saturated heterocycles. The van der Waals surface area contributed by atoms with Gasteiger partial charge in [0, 0.05) is 24.0 Å². The molecule has 0 bridgehead atoms. The van der Waals surface area contributed by atoms with Gasteiger partial charge in [-0.1, -0.05) is 29.8 Å². The summed E-state index contributed by atoms with van der Waals surface area (Å²) in [5.41, 5.74) is 3.60. The normalized spacial score (nSPS) is 16.3. The summed E-state index contributed by atoms with van der Waals surface area (Å²) in [6.45, 7) is 3.00. The Kier molecular flexibility index (Phi) is 6.03. The summed E-state index contributed by atoms with van der Waals surface area (Å²) in [5, 5.41) is 4.58. The topological polar surface area (TPSA) is 104 Å². The van der Waals surface area contributed by atoms with E-state index in [0.29, 0.717) is 35.7 Å². The molecule has 1 fully saturated rings. The summed E-state index contributed by atoms with van der Waals surface area (Å²) in [6, 6.07) is 8.13. The van der Waals surface area contributed by atoms with Gasteiger partial charge >= 0.3 is 5.97 Å². The van der Waals surface area contributed by atoms with Crippen LogP contribution < -0.4 is 15.8 Å². The zero-order chi connectivity index (χ0) is 22.0. The Morgan fingerprint density at radius 2 is 2.10 bits per heavy atom. The lowest BCUT2D eigenvalue weighted by molar-refractivity contribution is -0.141. The number of piperidine rings is 1. The predicted molar refractivity (Wildman–Crippen MR) is 120 cm³/mol. The van der Waals surface area contributed by atoms with E-state index in [1.165, 1.54) is 24.0 Å². The van der Waals surface area contributed by atoms with Gasteiger partial charge < -0.3 is 15.0 Å². The molecule has 3 aromatic rings. The minimum Gasteiger partial charge on any atom is -0.468 e. The second-order valence-corrected chi connectivity index (χ2v) is 8.54. The van der Waals surface area contributed by atoms with E-state index in [0.717, 1.165) is 17.5 Å². The molecular weight excluding hydrogens is 416 g/mol. The number of anilines is 1. The number of fused-ring (bicyclic) bond motifs is 1. The molecule has 0 saturated carbocycles. The van der Waals surface area contributed by atoms with Gasteiger partial charge in [-0.15, -0.1) is 11.3 Å². The van der Waals surface area contributed by atoms with E-state index in [1.54, 1.807) is 0 Å². The first-order valence-electron chi connectivity index (χ1n) is 10.1. The Hall–Kier alpha value is -3.20. The van der Waals surface area contributed by atoms with Crippen LogP contribution >= 0.6 is 11.3 Å². The Balaban J connectivity index is 1.59. The van der Waals surface area contributed by atoms with Crippen LogP contribution in [0.1, 0.15) is 18.4 Å². The van der Waals surface area contributed by atoms with Crippen molar-refractivity contribution in [2.45, 2.75) is 19.8 Å². The van der Waals surface area contributed by atoms with Gasteiger partial charge in [0.05, 0.1) is 18.5 Å². The number of amides is 1. The van der Waals surface area contributed by atoms with Gasteiger partial charge in [-0.25, -0.2) is 4.98 Å². The van der Waals surface area contributed by atoms with Gasteiger partial charge in [0.1, 0.15) is 11.2 Å². The maximum atomic E-state index is 12.7. The molecule has 8 nitrogen and oxygen atoms in total. The van der Waals surface area contributed by atoms with Crippen molar-refractivity contribution in [2.24, 2.45) is 5.92 Å². The molecule has 162 valence electrons. The Morgan fingerprint density at radius 1 is 1.32 bits per heavy atom. The van der Waals surface area contributed by atoms with Crippen LogP contribution in [0.3, 0.4) is 0 Å². The largest absolute Gasteiger partial charge is 0.468 e. The maximum Gasteiger partial charge on any atom is 0.325 e. The average Bonchev–Trinajstić information content (AvgIpc) is 3.22. The van der Waals surface area contributed by atoms with Gasteiger partial charge in [0.15, 0.2) is 0 Å². The number of carbonyl (C=O) groups excluding carboxylic acids is 2. The minimum absolute atomic E-state index is 0.151. The molecule has 1 aliphatic rings. The number of aryl methyl sites for hydroxylation is 1. The van der Waals surface area contributed by atoms with E-state index >= 15 is 0 Å². The molecule has 9 heteroatoms. The van der Waals surface area contributed by atoms with Crippen molar-refractivity contribution in [2.75, 3.05) is 31.6 Å². The van der Waals surface area contributed by atoms with E-state index in [1.807, 2.05) is 41.5 Å². The number of ether oxygens (including phenoxy) is 1.